The topological polar surface area (TPSA) is 44.8 Å². The van der Waals surface area contributed by atoms with Crippen LogP contribution in [0.15, 0.2) is 48.5 Å². The minimum Gasteiger partial charge on any atom is -0.489 e. The normalized spacial score (nSPS) is 16.1. The highest BCUT2D eigenvalue weighted by Crippen LogP contribution is 2.36. The largest absolute Gasteiger partial charge is 0.489 e. The molecule has 30 heavy (non-hydrogen) atoms. The van der Waals surface area contributed by atoms with Crippen LogP contribution in [0.25, 0.3) is 0 Å². The van der Waals surface area contributed by atoms with Crippen molar-refractivity contribution in [3.8, 4) is 11.5 Å². The number of rotatable bonds is 10. The van der Waals surface area contributed by atoms with Gasteiger partial charge in [-0.05, 0) is 79.8 Å². The Morgan fingerprint density at radius 3 is 2.10 bits per heavy atom. The minimum absolute atomic E-state index is 0.0650. The molecule has 1 aliphatic carbocycles. The summed E-state index contributed by atoms with van der Waals surface area (Å²) >= 11 is 0. The summed E-state index contributed by atoms with van der Waals surface area (Å²) in [6.07, 6.45) is 6.19. The van der Waals surface area contributed by atoms with Crippen LogP contribution in [0.4, 0.5) is 0 Å². The van der Waals surface area contributed by atoms with Crippen molar-refractivity contribution in [2.24, 2.45) is 0 Å². The van der Waals surface area contributed by atoms with Crippen LogP contribution in [0.5, 0.6) is 11.5 Å². The molecule has 4 nitrogen and oxygen atoms in total. The summed E-state index contributed by atoms with van der Waals surface area (Å²) in [6, 6.07) is 16.0. The molecule has 1 aliphatic rings. The first-order chi connectivity index (χ1) is 14.5. The second kappa shape index (κ2) is 10.5. The Morgan fingerprint density at radius 1 is 0.933 bits per heavy atom. The van der Waals surface area contributed by atoms with Crippen LogP contribution in [-0.4, -0.2) is 18.2 Å². The maximum atomic E-state index is 12.2. The Labute approximate surface area is 180 Å². The zero-order valence-corrected chi connectivity index (χ0v) is 18.5. The molecule has 0 N–H and O–H groups in total. The van der Waals surface area contributed by atoms with E-state index in [1.807, 2.05) is 24.3 Å². The zero-order valence-electron chi connectivity index (χ0n) is 18.5. The molecule has 3 rings (SSSR count). The van der Waals surface area contributed by atoms with Crippen molar-refractivity contribution in [3.63, 3.8) is 0 Å². The number of carbonyl (C=O) groups excluding carboxylic acids is 1. The number of esters is 1. The Hall–Kier alpha value is -2.49. The van der Waals surface area contributed by atoms with Gasteiger partial charge in [0.1, 0.15) is 23.7 Å². The van der Waals surface area contributed by atoms with Crippen LogP contribution in [-0.2, 0) is 16.1 Å². The Kier molecular flexibility index (Phi) is 7.78. The van der Waals surface area contributed by atoms with Crippen LogP contribution in [0, 0.1) is 0 Å². The second-order valence-corrected chi connectivity index (χ2v) is 8.32. The third kappa shape index (κ3) is 6.01. The highest BCUT2D eigenvalue weighted by Gasteiger charge is 2.35. The van der Waals surface area contributed by atoms with Crippen molar-refractivity contribution in [2.75, 3.05) is 6.61 Å². The maximum absolute atomic E-state index is 12.2. The number of hydrogen-bond donors (Lipinski definition) is 0. The monoisotopic (exact) mass is 410 g/mol. The smallest absolute Gasteiger partial charge is 0.344 e. The van der Waals surface area contributed by atoms with Crippen LogP contribution < -0.4 is 9.47 Å². The first-order valence-corrected chi connectivity index (χ1v) is 11.2. The third-order valence-corrected chi connectivity index (χ3v) is 6.24. The van der Waals surface area contributed by atoms with Crippen molar-refractivity contribution < 1.29 is 19.0 Å². The molecule has 4 heteroatoms. The van der Waals surface area contributed by atoms with Gasteiger partial charge in [0, 0.05) is 0 Å². The minimum atomic E-state index is -0.292. The molecular formula is C26H34O4. The van der Waals surface area contributed by atoms with Gasteiger partial charge < -0.3 is 14.2 Å². The number of carbonyl (C=O) groups is 1. The Bertz CT molecular complexity index is 789. The summed E-state index contributed by atoms with van der Waals surface area (Å²) in [5, 5.41) is 0. The molecule has 0 aromatic heterocycles. The van der Waals surface area contributed by atoms with Crippen LogP contribution in [0.3, 0.4) is 0 Å². The highest BCUT2D eigenvalue weighted by molar-refractivity contribution is 5.71. The number of hydrogen-bond acceptors (Lipinski definition) is 4. The van der Waals surface area contributed by atoms with E-state index in [2.05, 4.69) is 45.0 Å². The molecule has 0 aliphatic heterocycles. The van der Waals surface area contributed by atoms with Gasteiger partial charge in [0.15, 0.2) is 6.61 Å². The molecule has 1 atom stereocenters. The fourth-order valence-electron chi connectivity index (χ4n) is 3.94. The van der Waals surface area contributed by atoms with Crippen LogP contribution >= 0.6 is 0 Å². The molecular weight excluding hydrogens is 376 g/mol. The highest BCUT2D eigenvalue weighted by atomic mass is 16.6. The maximum Gasteiger partial charge on any atom is 0.344 e. The van der Waals surface area contributed by atoms with E-state index < -0.39 is 0 Å². The van der Waals surface area contributed by atoms with E-state index in [0.717, 1.165) is 49.8 Å². The molecule has 0 saturated heterocycles. The third-order valence-electron chi connectivity index (χ3n) is 6.24. The Balaban J connectivity index is 1.44. The predicted octanol–water partition coefficient (Wildman–Crippen LogP) is 6.42. The number of ether oxygens (including phenoxy) is 3. The molecule has 0 amide bonds. The van der Waals surface area contributed by atoms with Crippen molar-refractivity contribution >= 4 is 5.97 Å². The molecule has 0 bridgehead atoms. The van der Waals surface area contributed by atoms with Gasteiger partial charge in [0.25, 0.3) is 0 Å². The van der Waals surface area contributed by atoms with E-state index in [1.165, 1.54) is 5.56 Å². The second-order valence-electron chi connectivity index (χ2n) is 8.32. The molecule has 0 heterocycles. The van der Waals surface area contributed by atoms with Gasteiger partial charge in [-0.1, -0.05) is 45.0 Å². The fraction of sp³-hybridized carbons (Fsp3) is 0.500. The lowest BCUT2D eigenvalue weighted by Crippen LogP contribution is -2.33. The summed E-state index contributed by atoms with van der Waals surface area (Å²) in [4.78, 5) is 12.2. The zero-order chi connectivity index (χ0) is 21.4. The average Bonchev–Trinajstić information content (AvgIpc) is 3.25. The molecule has 0 radical (unpaired) electrons. The summed E-state index contributed by atoms with van der Waals surface area (Å²) in [7, 11) is 0. The molecule has 2 aromatic carbocycles. The van der Waals surface area contributed by atoms with Crippen molar-refractivity contribution in [2.45, 2.75) is 77.4 Å². The van der Waals surface area contributed by atoms with Gasteiger partial charge in [0.2, 0.25) is 0 Å². The first kappa shape index (κ1) is 22.2. The summed E-state index contributed by atoms with van der Waals surface area (Å²) in [5.41, 5.74) is 2.23. The fourth-order valence-corrected chi connectivity index (χ4v) is 3.94. The van der Waals surface area contributed by atoms with Crippen LogP contribution in [0.1, 0.15) is 76.3 Å². The van der Waals surface area contributed by atoms with Crippen molar-refractivity contribution in [1.29, 1.82) is 0 Å². The summed E-state index contributed by atoms with van der Waals surface area (Å²) in [5.74, 6) is 1.69. The van der Waals surface area contributed by atoms with Crippen molar-refractivity contribution in [3.05, 3.63) is 59.7 Å². The van der Waals surface area contributed by atoms with Gasteiger partial charge in [-0.2, -0.15) is 0 Å². The van der Waals surface area contributed by atoms with Gasteiger partial charge in [0.05, 0.1) is 0 Å². The average molecular weight is 411 g/mol. The molecule has 1 saturated carbocycles. The molecule has 1 fully saturated rings. The van der Waals surface area contributed by atoms with E-state index >= 15 is 0 Å². The van der Waals surface area contributed by atoms with Crippen LogP contribution in [0.2, 0.25) is 0 Å². The van der Waals surface area contributed by atoms with E-state index in [4.69, 9.17) is 14.2 Å². The van der Waals surface area contributed by atoms with E-state index in [0.29, 0.717) is 18.3 Å². The lowest BCUT2D eigenvalue weighted by atomic mass is 9.98. The quantitative estimate of drug-likeness (QED) is 0.424. The lowest BCUT2D eigenvalue weighted by Gasteiger charge is -2.27. The van der Waals surface area contributed by atoms with E-state index in [1.54, 1.807) is 0 Å². The van der Waals surface area contributed by atoms with Gasteiger partial charge in [-0.15, -0.1) is 0 Å². The SMILES string of the molecule is CCC(C)c1ccc(COc2ccc(OCC(=O)OC3(CC)CCCC3)cc2)cc1. The van der Waals surface area contributed by atoms with Gasteiger partial charge in [-0.25, -0.2) is 4.79 Å². The van der Waals surface area contributed by atoms with E-state index in [9.17, 15) is 4.79 Å². The lowest BCUT2D eigenvalue weighted by molar-refractivity contribution is -0.162. The molecule has 2 aromatic rings. The molecule has 162 valence electrons. The molecule has 1 unspecified atom stereocenters. The standard InChI is InChI=1S/C26H34O4/c1-4-20(3)22-10-8-21(9-11-22)18-28-23-12-14-24(15-13-23)29-19-25(27)30-26(5-2)16-6-7-17-26/h8-15,20H,4-7,16-19H2,1-3H3. The van der Waals surface area contributed by atoms with Crippen molar-refractivity contribution in [1.82, 2.24) is 0 Å². The van der Waals surface area contributed by atoms with E-state index in [-0.39, 0.29) is 18.2 Å². The first-order valence-electron chi connectivity index (χ1n) is 11.2. The summed E-state index contributed by atoms with van der Waals surface area (Å²) in [6.45, 7) is 6.98. The number of benzene rings is 2. The van der Waals surface area contributed by atoms with Gasteiger partial charge >= 0.3 is 5.97 Å². The molecule has 0 spiro atoms. The van der Waals surface area contributed by atoms with Gasteiger partial charge in [-0.3, -0.25) is 0 Å². The Morgan fingerprint density at radius 2 is 1.53 bits per heavy atom. The summed E-state index contributed by atoms with van der Waals surface area (Å²) < 4.78 is 17.2. The predicted molar refractivity (Wildman–Crippen MR) is 119 cm³/mol.